The summed E-state index contributed by atoms with van der Waals surface area (Å²) in [6.45, 7) is 0. The first kappa shape index (κ1) is 25.8. The van der Waals surface area contributed by atoms with Crippen molar-refractivity contribution in [1.29, 1.82) is 0 Å². The van der Waals surface area contributed by atoms with Crippen LogP contribution in [0.4, 0.5) is 27.6 Å². The molecule has 2 aromatic carbocycles. The van der Waals surface area contributed by atoms with Crippen LogP contribution in [0.5, 0.6) is 0 Å². The Morgan fingerprint density at radius 2 is 1.66 bits per heavy atom. The maximum atomic E-state index is 15.8. The Balaban J connectivity index is 1.56. The number of benzene rings is 2. The van der Waals surface area contributed by atoms with Crippen LogP contribution in [-0.2, 0) is 10.0 Å². The third-order valence-corrected chi connectivity index (χ3v) is 7.85. The van der Waals surface area contributed by atoms with Gasteiger partial charge in [-0.15, -0.1) is 0 Å². The van der Waals surface area contributed by atoms with E-state index in [1.165, 1.54) is 24.5 Å². The molecular formula is C26H21F5N4O2S. The summed E-state index contributed by atoms with van der Waals surface area (Å²) < 4.78 is 100.0. The Hall–Kier alpha value is -3.80. The minimum atomic E-state index is -4.68. The number of alkyl halides is 2. The van der Waals surface area contributed by atoms with E-state index in [1.54, 1.807) is 23.0 Å². The lowest BCUT2D eigenvalue weighted by Crippen LogP contribution is -2.26. The molecular weight excluding hydrogens is 527 g/mol. The second-order valence-electron chi connectivity index (χ2n) is 9.04. The summed E-state index contributed by atoms with van der Waals surface area (Å²) >= 11 is 0. The van der Waals surface area contributed by atoms with E-state index in [-0.39, 0.29) is 43.0 Å². The van der Waals surface area contributed by atoms with Crippen LogP contribution in [0.2, 0.25) is 0 Å². The largest absolute Gasteiger partial charge is 0.277 e. The van der Waals surface area contributed by atoms with E-state index in [0.717, 1.165) is 12.1 Å². The standard InChI is InChI=1S/C26H21F5N4O2S/c27-17-4-5-21(28)23(14-17)38(36,37)34-22-3-1-2-19(24(22)29)25-20(16-8-12-32-13-9-16)15-35(33-25)18-6-10-26(30,31)11-7-18/h1-5,8-9,12-15,18,34H,6-7,10-11H2. The van der Waals surface area contributed by atoms with Crippen LogP contribution in [0.1, 0.15) is 31.7 Å². The smallest absolute Gasteiger partial charge is 0.265 e. The summed E-state index contributed by atoms with van der Waals surface area (Å²) in [5, 5.41) is 4.54. The maximum absolute atomic E-state index is 15.8. The number of nitrogens with zero attached hydrogens (tertiary/aromatic N) is 3. The van der Waals surface area contributed by atoms with Crippen LogP contribution in [-0.4, -0.2) is 29.1 Å². The van der Waals surface area contributed by atoms with E-state index in [1.807, 2.05) is 4.72 Å². The van der Waals surface area contributed by atoms with Crippen LogP contribution in [0.15, 0.2) is 72.0 Å². The third-order valence-electron chi connectivity index (χ3n) is 6.46. The molecule has 198 valence electrons. The van der Waals surface area contributed by atoms with Crippen molar-refractivity contribution >= 4 is 15.7 Å². The van der Waals surface area contributed by atoms with Crippen molar-refractivity contribution in [3.8, 4) is 22.4 Å². The molecule has 2 aromatic heterocycles. The van der Waals surface area contributed by atoms with Gasteiger partial charge in [-0.3, -0.25) is 14.4 Å². The van der Waals surface area contributed by atoms with Crippen molar-refractivity contribution in [2.75, 3.05) is 4.72 Å². The number of hydrogen-bond donors (Lipinski definition) is 1. The SMILES string of the molecule is O=S(=O)(Nc1cccc(-c2nn(C3CCC(F)(F)CC3)cc2-c2ccncc2)c1F)c1cc(F)ccc1F. The van der Waals surface area contributed by atoms with Crippen molar-refractivity contribution < 1.29 is 30.4 Å². The van der Waals surface area contributed by atoms with Crippen molar-refractivity contribution in [2.24, 2.45) is 0 Å². The van der Waals surface area contributed by atoms with Crippen LogP contribution in [0, 0.1) is 17.5 Å². The highest BCUT2D eigenvalue weighted by atomic mass is 32.2. The van der Waals surface area contributed by atoms with Gasteiger partial charge in [0.25, 0.3) is 10.0 Å². The molecule has 0 amide bonds. The quantitative estimate of drug-likeness (QED) is 0.276. The molecule has 1 saturated carbocycles. The van der Waals surface area contributed by atoms with Gasteiger partial charge in [-0.05, 0) is 60.9 Å². The van der Waals surface area contributed by atoms with Gasteiger partial charge in [0, 0.05) is 42.6 Å². The monoisotopic (exact) mass is 548 g/mol. The fourth-order valence-corrected chi connectivity index (χ4v) is 5.64. The van der Waals surface area contributed by atoms with E-state index < -0.39 is 44.0 Å². The Morgan fingerprint density at radius 3 is 2.37 bits per heavy atom. The maximum Gasteiger partial charge on any atom is 0.265 e. The number of halogens is 5. The number of rotatable bonds is 6. The second-order valence-corrected chi connectivity index (χ2v) is 10.7. The van der Waals surface area contributed by atoms with Crippen LogP contribution >= 0.6 is 0 Å². The summed E-state index contributed by atoms with van der Waals surface area (Å²) in [4.78, 5) is 3.01. The highest BCUT2D eigenvalue weighted by Gasteiger charge is 2.36. The molecule has 5 rings (SSSR count). The van der Waals surface area contributed by atoms with Crippen molar-refractivity contribution in [2.45, 2.75) is 42.5 Å². The highest BCUT2D eigenvalue weighted by Crippen LogP contribution is 2.41. The highest BCUT2D eigenvalue weighted by molar-refractivity contribution is 7.92. The molecule has 0 radical (unpaired) electrons. The van der Waals surface area contributed by atoms with Crippen LogP contribution < -0.4 is 4.72 Å². The van der Waals surface area contributed by atoms with Gasteiger partial charge in [0.1, 0.15) is 22.2 Å². The van der Waals surface area contributed by atoms with E-state index in [2.05, 4.69) is 10.1 Å². The molecule has 1 aliphatic carbocycles. The van der Waals surface area contributed by atoms with Gasteiger partial charge in [-0.1, -0.05) is 6.07 Å². The summed E-state index contributed by atoms with van der Waals surface area (Å²) in [5.74, 6) is -5.91. The number of sulfonamides is 1. The minimum absolute atomic E-state index is 0.0726. The first-order valence-corrected chi connectivity index (χ1v) is 13.2. The zero-order chi connectivity index (χ0) is 27.1. The Labute approximate surface area is 215 Å². The molecule has 6 nitrogen and oxygen atoms in total. The summed E-state index contributed by atoms with van der Waals surface area (Å²) in [7, 11) is -4.68. The third kappa shape index (κ3) is 5.13. The molecule has 0 saturated heterocycles. The number of hydrogen-bond acceptors (Lipinski definition) is 4. The summed E-state index contributed by atoms with van der Waals surface area (Å²) in [5.41, 5.74) is 0.703. The van der Waals surface area contributed by atoms with Crippen molar-refractivity contribution in [3.05, 3.63) is 84.6 Å². The normalized spacial score (nSPS) is 15.9. The molecule has 38 heavy (non-hydrogen) atoms. The molecule has 1 fully saturated rings. The molecule has 2 heterocycles. The zero-order valence-corrected chi connectivity index (χ0v) is 20.5. The van der Waals surface area contributed by atoms with Crippen LogP contribution in [0.25, 0.3) is 22.4 Å². The molecule has 0 bridgehead atoms. The van der Waals surface area contributed by atoms with E-state index in [9.17, 15) is 26.0 Å². The van der Waals surface area contributed by atoms with Crippen molar-refractivity contribution in [3.63, 3.8) is 0 Å². The van der Waals surface area contributed by atoms with Gasteiger partial charge in [-0.2, -0.15) is 5.10 Å². The van der Waals surface area contributed by atoms with Gasteiger partial charge in [-0.25, -0.2) is 30.4 Å². The number of pyridine rings is 1. The molecule has 1 aliphatic rings. The molecule has 12 heteroatoms. The molecule has 0 atom stereocenters. The lowest BCUT2D eigenvalue weighted by molar-refractivity contribution is -0.0449. The average Bonchev–Trinajstić information content (AvgIpc) is 3.32. The van der Waals surface area contributed by atoms with Gasteiger partial charge in [0.2, 0.25) is 5.92 Å². The van der Waals surface area contributed by atoms with E-state index in [4.69, 9.17) is 0 Å². The summed E-state index contributed by atoms with van der Waals surface area (Å²) in [6, 6.07) is 8.86. The zero-order valence-electron chi connectivity index (χ0n) is 19.7. The second kappa shape index (κ2) is 9.82. The Kier molecular flexibility index (Phi) is 6.68. The first-order chi connectivity index (χ1) is 18.0. The number of nitrogens with one attached hydrogen (secondary N) is 1. The lowest BCUT2D eigenvalue weighted by Gasteiger charge is -2.28. The van der Waals surface area contributed by atoms with Gasteiger partial charge in [0.05, 0.1) is 11.7 Å². The number of anilines is 1. The summed E-state index contributed by atoms with van der Waals surface area (Å²) in [6.07, 6.45) is 4.51. The molecule has 1 N–H and O–H groups in total. The van der Waals surface area contributed by atoms with Gasteiger partial charge >= 0.3 is 0 Å². The van der Waals surface area contributed by atoms with E-state index in [0.29, 0.717) is 23.3 Å². The Morgan fingerprint density at radius 1 is 0.947 bits per heavy atom. The first-order valence-electron chi connectivity index (χ1n) is 11.7. The van der Waals surface area contributed by atoms with Gasteiger partial charge in [0.15, 0.2) is 5.82 Å². The predicted molar refractivity (Wildman–Crippen MR) is 130 cm³/mol. The number of aromatic nitrogens is 3. The van der Waals surface area contributed by atoms with Crippen LogP contribution in [0.3, 0.4) is 0 Å². The Bertz CT molecular complexity index is 1580. The fraction of sp³-hybridized carbons (Fsp3) is 0.231. The van der Waals surface area contributed by atoms with E-state index >= 15 is 4.39 Å². The molecule has 4 aromatic rings. The lowest BCUT2D eigenvalue weighted by atomic mass is 9.92. The molecule has 0 spiro atoms. The van der Waals surface area contributed by atoms with Gasteiger partial charge < -0.3 is 0 Å². The predicted octanol–water partition coefficient (Wildman–Crippen LogP) is 6.58. The van der Waals surface area contributed by atoms with Crippen molar-refractivity contribution in [1.82, 2.24) is 14.8 Å². The molecule has 0 unspecified atom stereocenters. The topological polar surface area (TPSA) is 76.9 Å². The fourth-order valence-electron chi connectivity index (χ4n) is 4.49. The molecule has 0 aliphatic heterocycles. The minimum Gasteiger partial charge on any atom is -0.277 e. The average molecular weight is 549 g/mol.